The molecule has 0 spiro atoms. The number of hydrogen-bond donors (Lipinski definition) is 3. The van der Waals surface area contributed by atoms with Crippen LogP contribution < -0.4 is 16.4 Å². The predicted molar refractivity (Wildman–Crippen MR) is 90.9 cm³/mol. The number of hydrogen-bond acceptors (Lipinski definition) is 2. The van der Waals surface area contributed by atoms with E-state index in [1.807, 2.05) is 49.4 Å². The summed E-state index contributed by atoms with van der Waals surface area (Å²) in [7, 11) is 0. The van der Waals surface area contributed by atoms with Crippen LogP contribution in [0.25, 0.3) is 6.08 Å². The Hall–Kier alpha value is -2.27. The highest BCUT2D eigenvalue weighted by Crippen LogP contribution is 2.19. The molecule has 0 bridgehead atoms. The van der Waals surface area contributed by atoms with Gasteiger partial charge in [0, 0.05) is 10.7 Å². The summed E-state index contributed by atoms with van der Waals surface area (Å²) in [4.78, 5) is 11.8. The fourth-order valence-electron chi connectivity index (χ4n) is 1.76. The number of urea groups is 1. The van der Waals surface area contributed by atoms with Gasteiger partial charge in [-0.3, -0.25) is 0 Å². The van der Waals surface area contributed by atoms with Gasteiger partial charge in [-0.2, -0.15) is 0 Å². The first-order valence-corrected chi connectivity index (χ1v) is 7.19. The van der Waals surface area contributed by atoms with E-state index in [1.165, 1.54) is 0 Å². The molecule has 0 aliphatic carbocycles. The van der Waals surface area contributed by atoms with Crippen LogP contribution in [0.4, 0.5) is 16.2 Å². The smallest absolute Gasteiger partial charge is 0.323 e. The summed E-state index contributed by atoms with van der Waals surface area (Å²) in [6, 6.07) is 12.9. The summed E-state index contributed by atoms with van der Waals surface area (Å²) in [5.74, 6) is 0. The standard InChI is InChI=1S/C16H16BrN3O/c1-11-5-6-14(18)15(9-11)20-16(21)19-8-7-12-3-2-4-13(17)10-12/h2-10H,18H2,1H3,(H2,19,20,21)/b8-7+. The molecule has 21 heavy (non-hydrogen) atoms. The maximum absolute atomic E-state index is 11.8. The third-order valence-corrected chi connectivity index (χ3v) is 3.29. The van der Waals surface area contributed by atoms with E-state index in [4.69, 9.17) is 5.73 Å². The van der Waals surface area contributed by atoms with Crippen molar-refractivity contribution in [3.63, 3.8) is 0 Å². The number of aryl methyl sites for hydroxylation is 1. The zero-order chi connectivity index (χ0) is 15.2. The molecule has 0 unspecified atom stereocenters. The monoisotopic (exact) mass is 345 g/mol. The lowest BCUT2D eigenvalue weighted by Gasteiger charge is -2.08. The Morgan fingerprint density at radius 1 is 1.24 bits per heavy atom. The molecule has 0 heterocycles. The molecule has 2 aromatic rings. The lowest BCUT2D eigenvalue weighted by atomic mass is 10.2. The Morgan fingerprint density at radius 3 is 2.81 bits per heavy atom. The second kappa shape index (κ2) is 6.95. The van der Waals surface area contributed by atoms with Crippen molar-refractivity contribution in [2.45, 2.75) is 6.92 Å². The van der Waals surface area contributed by atoms with Gasteiger partial charge in [-0.1, -0.05) is 34.1 Å². The van der Waals surface area contributed by atoms with Gasteiger partial charge in [-0.25, -0.2) is 4.79 Å². The van der Waals surface area contributed by atoms with Gasteiger partial charge in [0.05, 0.1) is 11.4 Å². The average molecular weight is 346 g/mol. The van der Waals surface area contributed by atoms with Crippen molar-refractivity contribution < 1.29 is 4.79 Å². The van der Waals surface area contributed by atoms with Gasteiger partial charge in [0.2, 0.25) is 0 Å². The Labute approximate surface area is 132 Å². The number of nitrogen functional groups attached to an aromatic ring is 1. The molecule has 5 heteroatoms. The summed E-state index contributed by atoms with van der Waals surface area (Å²) >= 11 is 3.39. The Balaban J connectivity index is 1.94. The lowest BCUT2D eigenvalue weighted by Crippen LogP contribution is -2.24. The molecule has 0 saturated carbocycles. The van der Waals surface area contributed by atoms with E-state index in [2.05, 4.69) is 26.6 Å². The van der Waals surface area contributed by atoms with Crippen LogP contribution >= 0.6 is 15.9 Å². The van der Waals surface area contributed by atoms with Crippen LogP contribution in [0, 0.1) is 6.92 Å². The minimum atomic E-state index is -0.335. The molecular weight excluding hydrogens is 330 g/mol. The number of carbonyl (C=O) groups excluding carboxylic acids is 1. The highest BCUT2D eigenvalue weighted by Gasteiger charge is 2.03. The fraction of sp³-hybridized carbons (Fsp3) is 0.0625. The van der Waals surface area contributed by atoms with Crippen molar-refractivity contribution in [2.75, 3.05) is 11.1 Å². The molecular formula is C16H16BrN3O. The third kappa shape index (κ3) is 4.65. The molecule has 0 aromatic heterocycles. The van der Waals surface area contributed by atoms with E-state index in [0.717, 1.165) is 15.6 Å². The van der Waals surface area contributed by atoms with Gasteiger partial charge < -0.3 is 16.4 Å². The highest BCUT2D eigenvalue weighted by molar-refractivity contribution is 9.10. The van der Waals surface area contributed by atoms with Gasteiger partial charge in [0.1, 0.15) is 0 Å². The maximum atomic E-state index is 11.8. The largest absolute Gasteiger partial charge is 0.397 e. The van der Waals surface area contributed by atoms with Crippen molar-refractivity contribution in [3.8, 4) is 0 Å². The molecule has 0 saturated heterocycles. The van der Waals surface area contributed by atoms with E-state index in [-0.39, 0.29) is 6.03 Å². The van der Waals surface area contributed by atoms with Crippen LogP contribution in [0.3, 0.4) is 0 Å². The van der Waals surface area contributed by atoms with Crippen molar-refractivity contribution in [3.05, 3.63) is 64.3 Å². The van der Waals surface area contributed by atoms with Gasteiger partial charge in [0.25, 0.3) is 0 Å². The highest BCUT2D eigenvalue weighted by atomic mass is 79.9. The predicted octanol–water partition coefficient (Wildman–Crippen LogP) is 4.13. The molecule has 108 valence electrons. The molecule has 0 radical (unpaired) electrons. The average Bonchev–Trinajstić information content (AvgIpc) is 2.43. The molecule has 4 nitrogen and oxygen atoms in total. The van der Waals surface area contributed by atoms with Crippen molar-refractivity contribution in [2.24, 2.45) is 0 Å². The SMILES string of the molecule is Cc1ccc(N)c(NC(=O)N/C=C/c2cccc(Br)c2)c1. The second-order valence-corrected chi connectivity index (χ2v) is 5.49. The van der Waals surface area contributed by atoms with E-state index < -0.39 is 0 Å². The van der Waals surface area contributed by atoms with Crippen LogP contribution in [0.2, 0.25) is 0 Å². The van der Waals surface area contributed by atoms with Crippen LogP contribution in [0.5, 0.6) is 0 Å². The van der Waals surface area contributed by atoms with E-state index >= 15 is 0 Å². The van der Waals surface area contributed by atoms with Gasteiger partial charge in [-0.15, -0.1) is 0 Å². The summed E-state index contributed by atoms with van der Waals surface area (Å²) < 4.78 is 0.988. The summed E-state index contributed by atoms with van der Waals surface area (Å²) in [5, 5.41) is 5.36. The van der Waals surface area contributed by atoms with Crippen molar-refractivity contribution >= 4 is 39.4 Å². The van der Waals surface area contributed by atoms with Crippen LogP contribution in [-0.4, -0.2) is 6.03 Å². The lowest BCUT2D eigenvalue weighted by molar-refractivity contribution is 0.255. The number of amides is 2. The van der Waals surface area contributed by atoms with Crippen molar-refractivity contribution in [1.29, 1.82) is 0 Å². The minimum absolute atomic E-state index is 0.335. The quantitative estimate of drug-likeness (QED) is 0.732. The maximum Gasteiger partial charge on any atom is 0.323 e. The molecule has 0 atom stereocenters. The number of rotatable bonds is 3. The number of benzene rings is 2. The van der Waals surface area contributed by atoms with Crippen molar-refractivity contribution in [1.82, 2.24) is 5.32 Å². The van der Waals surface area contributed by atoms with E-state index in [1.54, 1.807) is 12.3 Å². The van der Waals surface area contributed by atoms with Gasteiger partial charge in [0.15, 0.2) is 0 Å². The first-order chi connectivity index (χ1) is 10.0. The molecule has 2 aromatic carbocycles. The van der Waals surface area contributed by atoms with Gasteiger partial charge >= 0.3 is 6.03 Å². The number of anilines is 2. The molecule has 4 N–H and O–H groups in total. The Morgan fingerprint density at radius 2 is 2.05 bits per heavy atom. The van der Waals surface area contributed by atoms with E-state index in [9.17, 15) is 4.79 Å². The zero-order valence-corrected chi connectivity index (χ0v) is 13.1. The normalized spacial score (nSPS) is 10.6. The topological polar surface area (TPSA) is 67.1 Å². The zero-order valence-electron chi connectivity index (χ0n) is 11.6. The summed E-state index contributed by atoms with van der Waals surface area (Å²) in [6.45, 7) is 1.94. The minimum Gasteiger partial charge on any atom is -0.397 e. The van der Waals surface area contributed by atoms with E-state index in [0.29, 0.717) is 11.4 Å². The molecule has 2 amide bonds. The Bertz CT molecular complexity index is 683. The molecule has 0 fully saturated rings. The number of carbonyl (C=O) groups is 1. The molecule has 0 aliphatic heterocycles. The summed E-state index contributed by atoms with van der Waals surface area (Å²) in [5.41, 5.74) is 8.96. The number of nitrogens with two attached hydrogens (primary N) is 1. The Kier molecular flexibility index (Phi) is 5.00. The first-order valence-electron chi connectivity index (χ1n) is 6.40. The van der Waals surface area contributed by atoms with Crippen LogP contribution in [0.1, 0.15) is 11.1 Å². The summed E-state index contributed by atoms with van der Waals surface area (Å²) in [6.07, 6.45) is 3.40. The van der Waals surface area contributed by atoms with Gasteiger partial charge in [-0.05, 0) is 48.4 Å². The molecule has 2 rings (SSSR count). The first kappa shape index (κ1) is 15.1. The number of nitrogens with one attached hydrogen (secondary N) is 2. The van der Waals surface area contributed by atoms with Crippen LogP contribution in [0.15, 0.2) is 53.1 Å². The second-order valence-electron chi connectivity index (χ2n) is 4.58. The number of halogens is 1. The fourth-order valence-corrected chi connectivity index (χ4v) is 2.18. The third-order valence-electron chi connectivity index (χ3n) is 2.80. The van der Waals surface area contributed by atoms with Crippen LogP contribution in [-0.2, 0) is 0 Å². The molecule has 0 aliphatic rings.